The molecule has 1 aromatic heterocycles. The van der Waals surface area contributed by atoms with Crippen molar-refractivity contribution in [2.45, 2.75) is 18.9 Å². The maximum absolute atomic E-state index is 12.6. The molecule has 1 fully saturated rings. The fourth-order valence-electron chi connectivity index (χ4n) is 2.96. The summed E-state index contributed by atoms with van der Waals surface area (Å²) in [5, 5.41) is 2.87. The molecule has 0 spiro atoms. The van der Waals surface area contributed by atoms with E-state index in [-0.39, 0.29) is 17.4 Å². The fraction of sp³-hybridized carbons (Fsp3) is 0.333. The number of rotatable bonds is 4. The lowest BCUT2D eigenvalue weighted by molar-refractivity contribution is 0.0915. The molecular formula is C18H20N2O4S. The first-order valence-corrected chi connectivity index (χ1v) is 9.77. The summed E-state index contributed by atoms with van der Waals surface area (Å²) in [6, 6.07) is 12.5. The van der Waals surface area contributed by atoms with Crippen molar-refractivity contribution in [1.82, 2.24) is 10.3 Å². The molecule has 0 bridgehead atoms. The van der Waals surface area contributed by atoms with Crippen molar-refractivity contribution in [3.8, 4) is 17.1 Å². The maximum atomic E-state index is 12.6. The number of pyridine rings is 1. The maximum Gasteiger partial charge on any atom is 0.251 e. The van der Waals surface area contributed by atoms with Gasteiger partial charge in [-0.25, -0.2) is 13.4 Å². The lowest BCUT2D eigenvalue weighted by Gasteiger charge is -2.24. The van der Waals surface area contributed by atoms with Gasteiger partial charge in [-0.1, -0.05) is 18.2 Å². The Hall–Kier alpha value is -2.41. The van der Waals surface area contributed by atoms with Crippen LogP contribution in [0.25, 0.3) is 11.3 Å². The van der Waals surface area contributed by atoms with E-state index in [9.17, 15) is 13.2 Å². The Labute approximate surface area is 147 Å². The molecule has 1 saturated heterocycles. The number of aromatic nitrogens is 1. The average molecular weight is 360 g/mol. The second kappa shape index (κ2) is 6.48. The summed E-state index contributed by atoms with van der Waals surface area (Å²) < 4.78 is 28.5. The van der Waals surface area contributed by atoms with Crippen LogP contribution >= 0.6 is 0 Å². The van der Waals surface area contributed by atoms with Crippen LogP contribution in [-0.4, -0.2) is 43.5 Å². The van der Waals surface area contributed by atoms with Gasteiger partial charge in [0.05, 0.1) is 29.8 Å². The summed E-state index contributed by atoms with van der Waals surface area (Å²) in [5.74, 6) is 0.292. The monoisotopic (exact) mass is 360 g/mol. The van der Waals surface area contributed by atoms with Gasteiger partial charge in [-0.15, -0.1) is 0 Å². The third kappa shape index (κ3) is 3.99. The van der Waals surface area contributed by atoms with Crippen molar-refractivity contribution in [3.05, 3.63) is 48.0 Å². The van der Waals surface area contributed by atoms with E-state index in [4.69, 9.17) is 4.74 Å². The minimum atomic E-state index is -3.08. The zero-order valence-corrected chi connectivity index (χ0v) is 15.0. The molecule has 3 rings (SSSR count). The number of hydrogen-bond donors (Lipinski definition) is 1. The Morgan fingerprint density at radius 3 is 2.68 bits per heavy atom. The van der Waals surface area contributed by atoms with Gasteiger partial charge in [0.1, 0.15) is 0 Å². The van der Waals surface area contributed by atoms with Crippen molar-refractivity contribution in [2.24, 2.45) is 0 Å². The van der Waals surface area contributed by atoms with E-state index in [0.29, 0.717) is 23.6 Å². The quantitative estimate of drug-likeness (QED) is 0.902. The minimum Gasteiger partial charge on any atom is -0.481 e. The summed E-state index contributed by atoms with van der Waals surface area (Å²) >= 11 is 0. The zero-order valence-electron chi connectivity index (χ0n) is 14.2. The lowest BCUT2D eigenvalue weighted by atomic mass is 10.0. The SMILES string of the molecule is COc1cccc(-c2cccc(C(=O)NC3(C)CCS(=O)(=O)C3)c2)n1. The van der Waals surface area contributed by atoms with E-state index in [0.717, 1.165) is 5.56 Å². The van der Waals surface area contributed by atoms with E-state index in [2.05, 4.69) is 10.3 Å². The molecule has 0 aliphatic carbocycles. The molecule has 1 aliphatic rings. The molecule has 1 N–H and O–H groups in total. The molecular weight excluding hydrogens is 340 g/mol. The standard InChI is InChI=1S/C18H20N2O4S/c1-18(9-10-25(22,23)12-18)20-17(21)14-6-3-5-13(11-14)15-7-4-8-16(19-15)24-2/h3-8,11H,9-10,12H2,1-2H3,(H,20,21). The van der Waals surface area contributed by atoms with E-state index in [1.165, 1.54) is 0 Å². The summed E-state index contributed by atoms with van der Waals surface area (Å²) in [6.07, 6.45) is 0.429. The van der Waals surface area contributed by atoms with Gasteiger partial charge in [-0.2, -0.15) is 0 Å². The molecule has 2 heterocycles. The Kier molecular flexibility index (Phi) is 4.51. The number of sulfone groups is 1. The minimum absolute atomic E-state index is 0.0249. The second-order valence-corrected chi connectivity index (χ2v) is 8.69. The highest BCUT2D eigenvalue weighted by Crippen LogP contribution is 2.24. The van der Waals surface area contributed by atoms with Crippen LogP contribution in [0.2, 0.25) is 0 Å². The lowest BCUT2D eigenvalue weighted by Crippen LogP contribution is -2.46. The number of amides is 1. The first kappa shape index (κ1) is 17.4. The number of carbonyl (C=O) groups is 1. The molecule has 25 heavy (non-hydrogen) atoms. The highest BCUT2D eigenvalue weighted by molar-refractivity contribution is 7.91. The molecule has 132 valence electrons. The smallest absolute Gasteiger partial charge is 0.251 e. The van der Waals surface area contributed by atoms with Gasteiger partial charge in [-0.3, -0.25) is 4.79 Å². The van der Waals surface area contributed by atoms with Gasteiger partial charge < -0.3 is 10.1 Å². The Morgan fingerprint density at radius 1 is 1.24 bits per heavy atom. The van der Waals surface area contributed by atoms with Crippen LogP contribution in [0.15, 0.2) is 42.5 Å². The number of nitrogens with zero attached hydrogens (tertiary/aromatic N) is 1. The van der Waals surface area contributed by atoms with Crippen LogP contribution in [0.1, 0.15) is 23.7 Å². The summed E-state index contributed by atoms with van der Waals surface area (Å²) in [6.45, 7) is 1.77. The van der Waals surface area contributed by atoms with E-state index in [1.54, 1.807) is 38.3 Å². The van der Waals surface area contributed by atoms with Crippen molar-refractivity contribution in [2.75, 3.05) is 18.6 Å². The number of nitrogens with one attached hydrogen (secondary N) is 1. The van der Waals surface area contributed by atoms with Crippen molar-refractivity contribution in [3.63, 3.8) is 0 Å². The van der Waals surface area contributed by atoms with Crippen LogP contribution in [0.4, 0.5) is 0 Å². The molecule has 2 aromatic rings. The molecule has 1 unspecified atom stereocenters. The topological polar surface area (TPSA) is 85.4 Å². The number of methoxy groups -OCH3 is 1. The Bertz CT molecular complexity index is 911. The van der Waals surface area contributed by atoms with Crippen LogP contribution in [-0.2, 0) is 9.84 Å². The number of carbonyl (C=O) groups excluding carboxylic acids is 1. The van der Waals surface area contributed by atoms with Gasteiger partial charge >= 0.3 is 0 Å². The first-order chi connectivity index (χ1) is 11.8. The predicted molar refractivity (Wildman–Crippen MR) is 95.4 cm³/mol. The van der Waals surface area contributed by atoms with Crippen LogP contribution in [0, 0.1) is 0 Å². The second-order valence-electron chi connectivity index (χ2n) is 6.50. The van der Waals surface area contributed by atoms with Crippen LogP contribution in [0.3, 0.4) is 0 Å². The Morgan fingerprint density at radius 2 is 2.00 bits per heavy atom. The molecule has 1 aliphatic heterocycles. The third-order valence-electron chi connectivity index (χ3n) is 4.27. The number of benzene rings is 1. The number of hydrogen-bond acceptors (Lipinski definition) is 5. The van der Waals surface area contributed by atoms with Crippen LogP contribution < -0.4 is 10.1 Å². The van der Waals surface area contributed by atoms with Gasteiger partial charge in [0.15, 0.2) is 9.84 Å². The zero-order chi connectivity index (χ0) is 18.1. The number of ether oxygens (including phenoxy) is 1. The highest BCUT2D eigenvalue weighted by atomic mass is 32.2. The predicted octanol–water partition coefficient (Wildman–Crippen LogP) is 2.06. The van der Waals surface area contributed by atoms with E-state index >= 15 is 0 Å². The normalized spacial score (nSPS) is 21.7. The van der Waals surface area contributed by atoms with Gasteiger partial charge in [0.2, 0.25) is 5.88 Å². The van der Waals surface area contributed by atoms with Crippen molar-refractivity contribution in [1.29, 1.82) is 0 Å². The van der Waals surface area contributed by atoms with Crippen LogP contribution in [0.5, 0.6) is 5.88 Å². The molecule has 1 atom stereocenters. The molecule has 6 nitrogen and oxygen atoms in total. The van der Waals surface area contributed by atoms with Gasteiger partial charge in [-0.05, 0) is 31.5 Å². The van der Waals surface area contributed by atoms with E-state index in [1.807, 2.05) is 18.2 Å². The molecule has 7 heteroatoms. The summed E-state index contributed by atoms with van der Waals surface area (Å²) in [5.41, 5.74) is 1.23. The highest BCUT2D eigenvalue weighted by Gasteiger charge is 2.39. The first-order valence-electron chi connectivity index (χ1n) is 7.95. The summed E-state index contributed by atoms with van der Waals surface area (Å²) in [4.78, 5) is 16.9. The van der Waals surface area contributed by atoms with E-state index < -0.39 is 15.4 Å². The summed E-state index contributed by atoms with van der Waals surface area (Å²) in [7, 11) is -1.53. The molecule has 0 radical (unpaired) electrons. The fourth-order valence-corrected chi connectivity index (χ4v) is 5.06. The largest absolute Gasteiger partial charge is 0.481 e. The molecule has 1 aromatic carbocycles. The molecule has 1 amide bonds. The average Bonchev–Trinajstić information content (AvgIpc) is 2.88. The third-order valence-corrected chi connectivity index (χ3v) is 6.17. The van der Waals surface area contributed by atoms with Crippen molar-refractivity contribution >= 4 is 15.7 Å². The van der Waals surface area contributed by atoms with Crippen molar-refractivity contribution < 1.29 is 17.9 Å². The van der Waals surface area contributed by atoms with Gasteiger partial charge in [0, 0.05) is 17.2 Å². The van der Waals surface area contributed by atoms with Gasteiger partial charge in [0.25, 0.3) is 5.91 Å². The molecule has 0 saturated carbocycles. The Balaban J connectivity index is 1.82.